The van der Waals surface area contributed by atoms with Crippen LogP contribution in [-0.2, 0) is 34.3 Å². The smallest absolute Gasteiger partial charge is 0.407 e. The summed E-state index contributed by atoms with van der Waals surface area (Å²) in [4.78, 5) is 41.8. The van der Waals surface area contributed by atoms with Gasteiger partial charge in [-0.3, -0.25) is 9.69 Å². The number of carbonyl (C=O) groups is 3. The first kappa shape index (κ1) is 42.3. The zero-order valence-corrected chi connectivity index (χ0v) is 33.2. The second kappa shape index (κ2) is 17.6. The van der Waals surface area contributed by atoms with Gasteiger partial charge in [0.05, 0.1) is 51.1 Å². The summed E-state index contributed by atoms with van der Waals surface area (Å²) < 4.78 is 89.0. The molecule has 0 bridgehead atoms. The fourth-order valence-corrected chi connectivity index (χ4v) is 11.0. The summed E-state index contributed by atoms with van der Waals surface area (Å²) in [5, 5.41) is 4.77. The van der Waals surface area contributed by atoms with E-state index < -0.39 is 55.9 Å². The van der Waals surface area contributed by atoms with Gasteiger partial charge in [0, 0.05) is 37.6 Å². The van der Waals surface area contributed by atoms with E-state index in [1.54, 1.807) is 11.0 Å². The lowest BCUT2D eigenvalue weighted by molar-refractivity contribution is -0.126. The van der Waals surface area contributed by atoms with Crippen LogP contribution in [0.1, 0.15) is 37.7 Å². The molecule has 3 aliphatic heterocycles. The molecule has 3 amide bonds. The first-order chi connectivity index (χ1) is 27.2. The molecule has 4 aliphatic rings. The van der Waals surface area contributed by atoms with Crippen LogP contribution in [0.25, 0.3) is 0 Å². The molecule has 1 aliphatic carbocycles. The molecule has 4 fully saturated rings. The van der Waals surface area contributed by atoms with E-state index >= 15 is 8.78 Å². The van der Waals surface area contributed by atoms with Crippen molar-refractivity contribution in [2.75, 3.05) is 84.7 Å². The molecule has 1 unspecified atom stereocenters. The number of hydrogen-bond acceptors (Lipinski definition) is 10. The lowest BCUT2D eigenvalue weighted by Gasteiger charge is -2.52. The molecule has 2 N–H and O–H groups in total. The Morgan fingerprint density at radius 2 is 1.75 bits per heavy atom. The normalized spacial score (nSPS) is 24.1. The molecule has 312 valence electrons. The third kappa shape index (κ3) is 9.04. The minimum absolute atomic E-state index is 0.0891. The van der Waals surface area contributed by atoms with Crippen LogP contribution in [0.15, 0.2) is 60.0 Å². The van der Waals surface area contributed by atoms with E-state index in [9.17, 15) is 27.2 Å². The number of methoxy groups -OCH3 is 2. The van der Waals surface area contributed by atoms with Gasteiger partial charge < -0.3 is 34.6 Å². The minimum atomic E-state index is -4.08. The number of sulfone groups is 1. The number of halogens is 3. The SMILES string of the molecule is C=CC(=O)N1CCOC[C@@H](S(=O)(=O)c2ccc(N3CC(F)(CN4CCC(C(CNC(=O)OC)(c5cccc(F)c5)[C@H]5CCC[C@@H]5NC(=O)OC)CC4)C3)c(F)c2)C1. The molecule has 17 heteroatoms. The van der Waals surface area contributed by atoms with Gasteiger partial charge in [-0.15, -0.1) is 0 Å². The topological polar surface area (TPSA) is 147 Å². The summed E-state index contributed by atoms with van der Waals surface area (Å²) in [5.74, 6) is -1.92. The van der Waals surface area contributed by atoms with E-state index in [2.05, 4.69) is 17.2 Å². The highest BCUT2D eigenvalue weighted by Crippen LogP contribution is 2.50. The molecule has 57 heavy (non-hydrogen) atoms. The maximum Gasteiger partial charge on any atom is 0.407 e. The fraction of sp³-hybridized carbons (Fsp3) is 0.575. The van der Waals surface area contributed by atoms with Crippen LogP contribution in [-0.4, -0.2) is 133 Å². The Morgan fingerprint density at radius 1 is 1.02 bits per heavy atom. The Bertz CT molecular complexity index is 1910. The maximum atomic E-state index is 16.3. The lowest BCUT2D eigenvalue weighted by Crippen LogP contribution is -2.65. The van der Waals surface area contributed by atoms with Gasteiger partial charge in [-0.2, -0.15) is 0 Å². The van der Waals surface area contributed by atoms with Crippen molar-refractivity contribution < 1.29 is 50.2 Å². The van der Waals surface area contributed by atoms with Crippen LogP contribution in [0.5, 0.6) is 0 Å². The number of rotatable bonds is 12. The van der Waals surface area contributed by atoms with Crippen LogP contribution < -0.4 is 15.5 Å². The largest absolute Gasteiger partial charge is 0.453 e. The quantitative estimate of drug-likeness (QED) is 0.299. The van der Waals surface area contributed by atoms with E-state index in [4.69, 9.17) is 14.2 Å². The van der Waals surface area contributed by atoms with E-state index in [1.807, 2.05) is 11.0 Å². The van der Waals surface area contributed by atoms with Gasteiger partial charge in [-0.1, -0.05) is 25.1 Å². The Morgan fingerprint density at radius 3 is 2.42 bits per heavy atom. The summed E-state index contributed by atoms with van der Waals surface area (Å²) in [5.41, 5.74) is -1.68. The number of likely N-dealkylation sites (tertiary alicyclic amines) is 1. The highest BCUT2D eigenvalue weighted by atomic mass is 32.2. The Labute approximate surface area is 331 Å². The predicted octanol–water partition coefficient (Wildman–Crippen LogP) is 4.21. The Balaban J connectivity index is 1.13. The average Bonchev–Trinajstić information content (AvgIpc) is 3.49. The molecule has 0 spiro atoms. The van der Waals surface area contributed by atoms with Gasteiger partial charge in [0.25, 0.3) is 0 Å². The third-order valence-corrected chi connectivity index (χ3v) is 14.3. The van der Waals surface area contributed by atoms with E-state index in [-0.39, 0.29) is 80.9 Å². The number of nitrogens with one attached hydrogen (secondary N) is 2. The van der Waals surface area contributed by atoms with Crippen LogP contribution in [0.4, 0.5) is 28.4 Å². The number of benzene rings is 2. The van der Waals surface area contributed by atoms with Crippen LogP contribution in [0.3, 0.4) is 0 Å². The molecule has 3 saturated heterocycles. The number of carbonyl (C=O) groups excluding carboxylic acids is 3. The zero-order chi connectivity index (χ0) is 41.0. The van der Waals surface area contributed by atoms with Crippen LogP contribution >= 0.6 is 0 Å². The molecular formula is C40H52F3N5O8S. The molecule has 0 radical (unpaired) electrons. The van der Waals surface area contributed by atoms with Crippen molar-refractivity contribution in [3.05, 3.63) is 72.3 Å². The average molecular weight is 820 g/mol. The first-order valence-corrected chi connectivity index (χ1v) is 20.9. The van der Waals surface area contributed by atoms with Crippen molar-refractivity contribution in [2.45, 2.75) is 59.4 Å². The summed E-state index contributed by atoms with van der Waals surface area (Å²) >= 11 is 0. The van der Waals surface area contributed by atoms with E-state index in [0.717, 1.165) is 18.6 Å². The second-order valence-corrected chi connectivity index (χ2v) is 17.8. The van der Waals surface area contributed by atoms with Crippen molar-refractivity contribution in [2.24, 2.45) is 11.8 Å². The Hall–Kier alpha value is -4.35. The third-order valence-electron chi connectivity index (χ3n) is 12.3. The lowest BCUT2D eigenvalue weighted by atomic mass is 9.58. The van der Waals surface area contributed by atoms with Crippen molar-refractivity contribution >= 4 is 33.6 Å². The number of ether oxygens (including phenoxy) is 3. The van der Waals surface area contributed by atoms with Crippen LogP contribution in [0.2, 0.25) is 0 Å². The highest BCUT2D eigenvalue weighted by Gasteiger charge is 2.53. The predicted molar refractivity (Wildman–Crippen MR) is 205 cm³/mol. The number of alkyl carbamates (subject to hydrolysis) is 2. The molecule has 2 aromatic carbocycles. The van der Waals surface area contributed by atoms with Crippen molar-refractivity contribution in [3.8, 4) is 0 Å². The van der Waals surface area contributed by atoms with Crippen molar-refractivity contribution in [3.63, 3.8) is 0 Å². The summed E-state index contributed by atoms with van der Waals surface area (Å²) in [6.07, 6.45) is 3.29. The van der Waals surface area contributed by atoms with Crippen molar-refractivity contribution in [1.82, 2.24) is 20.4 Å². The molecule has 2 aromatic rings. The van der Waals surface area contributed by atoms with Crippen molar-refractivity contribution in [1.29, 1.82) is 0 Å². The molecular weight excluding hydrogens is 768 g/mol. The van der Waals surface area contributed by atoms with Crippen LogP contribution in [0, 0.1) is 23.5 Å². The monoisotopic (exact) mass is 819 g/mol. The van der Waals surface area contributed by atoms with Gasteiger partial charge in [0.1, 0.15) is 16.9 Å². The number of nitrogens with zero attached hydrogens (tertiary/aromatic N) is 3. The van der Waals surface area contributed by atoms with Gasteiger partial charge >= 0.3 is 12.2 Å². The molecule has 13 nitrogen and oxygen atoms in total. The molecule has 6 rings (SSSR count). The number of hydrogen-bond donors (Lipinski definition) is 2. The van der Waals surface area contributed by atoms with Gasteiger partial charge in [-0.05, 0) is 92.6 Å². The zero-order valence-electron chi connectivity index (χ0n) is 32.4. The number of amides is 3. The maximum absolute atomic E-state index is 16.3. The summed E-state index contributed by atoms with van der Waals surface area (Å²) in [7, 11) is -1.51. The Kier molecular flexibility index (Phi) is 13.1. The second-order valence-electron chi connectivity index (χ2n) is 15.6. The number of alkyl halides is 1. The molecule has 1 saturated carbocycles. The fourth-order valence-electron chi connectivity index (χ4n) is 9.48. The number of piperidine rings is 1. The standard InChI is InChI=1S/C40H52F3N5O8S/c1-4-36(49)47-17-18-56-22-31(21-47)57(52,53)30-11-12-35(33(42)20-30)48-25-39(43,26-48)24-46-15-13-27(14-16-46)40(23-44-37(50)54-2,28-7-5-8-29(41)19-28)32-9-6-10-34(32)45-38(51)55-3/h4-5,7-8,11-12,19-20,27,31-32,34H,1,6,9-10,13-18,21-26H2,2-3H3,(H,44,50)(H,45,51)/t31-,32-,34-,40?/m0/s1. The van der Waals surface area contributed by atoms with E-state index in [1.165, 1.54) is 43.4 Å². The molecule has 4 atom stereocenters. The first-order valence-electron chi connectivity index (χ1n) is 19.3. The summed E-state index contributed by atoms with van der Waals surface area (Å²) in [6.45, 7) is 4.63. The number of anilines is 1. The highest BCUT2D eigenvalue weighted by molar-refractivity contribution is 7.92. The van der Waals surface area contributed by atoms with E-state index in [0.29, 0.717) is 44.3 Å². The minimum Gasteiger partial charge on any atom is -0.453 e. The van der Waals surface area contributed by atoms with Gasteiger partial charge in [0.2, 0.25) is 5.91 Å². The molecule has 3 heterocycles. The summed E-state index contributed by atoms with van der Waals surface area (Å²) in [6, 6.07) is 9.64. The molecule has 0 aromatic heterocycles. The van der Waals surface area contributed by atoms with Gasteiger partial charge in [-0.25, -0.2) is 31.2 Å². The van der Waals surface area contributed by atoms with Gasteiger partial charge in [0.15, 0.2) is 15.5 Å².